The van der Waals surface area contributed by atoms with Gasteiger partial charge in [-0.2, -0.15) is 5.10 Å². The van der Waals surface area contributed by atoms with E-state index in [1.54, 1.807) is 10.7 Å². The van der Waals surface area contributed by atoms with E-state index in [0.29, 0.717) is 6.54 Å². The summed E-state index contributed by atoms with van der Waals surface area (Å²) in [6.07, 6.45) is 2.96. The lowest BCUT2D eigenvalue weighted by atomic mass is 10.3. The van der Waals surface area contributed by atoms with E-state index in [9.17, 15) is 4.79 Å². The molecular formula is C16H27N5O2. The lowest BCUT2D eigenvalue weighted by Crippen LogP contribution is -2.39. The molecule has 2 aliphatic rings. The number of hydrogen-bond acceptors (Lipinski definition) is 6. The Bertz CT molecular complexity index is 556. The molecule has 0 radical (unpaired) electrons. The lowest BCUT2D eigenvalue weighted by Gasteiger charge is -2.26. The molecule has 0 amide bonds. The van der Waals surface area contributed by atoms with Crippen LogP contribution in [-0.2, 0) is 11.3 Å². The van der Waals surface area contributed by atoms with Gasteiger partial charge in [0.1, 0.15) is 0 Å². The zero-order valence-electron chi connectivity index (χ0n) is 14.0. The van der Waals surface area contributed by atoms with Crippen molar-refractivity contribution >= 4 is 5.69 Å². The molecule has 3 rings (SSSR count). The lowest BCUT2D eigenvalue weighted by molar-refractivity contribution is 0.0358. The van der Waals surface area contributed by atoms with Gasteiger partial charge in [-0.25, -0.2) is 4.68 Å². The minimum Gasteiger partial charge on any atom is -0.379 e. The summed E-state index contributed by atoms with van der Waals surface area (Å²) < 4.78 is 6.91. The second kappa shape index (κ2) is 7.90. The molecular weight excluding hydrogens is 294 g/mol. The summed E-state index contributed by atoms with van der Waals surface area (Å²) in [6, 6.07) is 1.73. The molecule has 128 valence electrons. The number of rotatable bonds is 4. The van der Waals surface area contributed by atoms with Gasteiger partial charge in [-0.05, 0) is 20.0 Å². The molecule has 0 spiro atoms. The van der Waals surface area contributed by atoms with E-state index < -0.39 is 0 Å². The minimum absolute atomic E-state index is 0.00615. The quantitative estimate of drug-likeness (QED) is 0.760. The molecule has 0 aliphatic carbocycles. The highest BCUT2D eigenvalue weighted by Crippen LogP contribution is 2.12. The third-order valence-corrected chi connectivity index (χ3v) is 4.67. The van der Waals surface area contributed by atoms with Crippen LogP contribution in [0.3, 0.4) is 0 Å². The van der Waals surface area contributed by atoms with Crippen molar-refractivity contribution in [3.8, 4) is 0 Å². The summed E-state index contributed by atoms with van der Waals surface area (Å²) in [6.45, 7) is 9.02. The standard InChI is InChI=1S/C16H27N5O2/c1-18-3-2-4-20(7-5-18)15-13-16(22)21(17-14-15)8-6-19-9-11-23-12-10-19/h13-14H,2-12H2,1H3. The maximum absolute atomic E-state index is 12.3. The Kier molecular flexibility index (Phi) is 5.64. The molecule has 0 unspecified atom stereocenters. The summed E-state index contributed by atoms with van der Waals surface area (Å²) >= 11 is 0. The second-order valence-electron chi connectivity index (χ2n) is 6.37. The molecule has 0 atom stereocenters. The second-order valence-corrected chi connectivity index (χ2v) is 6.37. The van der Waals surface area contributed by atoms with Crippen molar-refractivity contribution < 1.29 is 4.74 Å². The van der Waals surface area contributed by atoms with Crippen molar-refractivity contribution in [1.29, 1.82) is 0 Å². The van der Waals surface area contributed by atoms with E-state index >= 15 is 0 Å². The predicted molar refractivity (Wildman–Crippen MR) is 90.1 cm³/mol. The van der Waals surface area contributed by atoms with Gasteiger partial charge in [0.05, 0.1) is 31.6 Å². The van der Waals surface area contributed by atoms with Crippen LogP contribution in [-0.4, -0.2) is 85.7 Å². The molecule has 23 heavy (non-hydrogen) atoms. The number of nitrogens with zero attached hydrogens (tertiary/aromatic N) is 5. The fraction of sp³-hybridized carbons (Fsp3) is 0.750. The van der Waals surface area contributed by atoms with Gasteiger partial charge in [-0.15, -0.1) is 0 Å². The molecule has 7 heteroatoms. The van der Waals surface area contributed by atoms with E-state index in [1.807, 2.05) is 6.20 Å². The van der Waals surface area contributed by atoms with E-state index in [1.165, 1.54) is 0 Å². The predicted octanol–water partition coefficient (Wildman–Crippen LogP) is -0.283. The van der Waals surface area contributed by atoms with Crippen LogP contribution in [0.15, 0.2) is 17.1 Å². The number of ether oxygens (including phenoxy) is 1. The highest BCUT2D eigenvalue weighted by Gasteiger charge is 2.15. The molecule has 7 nitrogen and oxygen atoms in total. The van der Waals surface area contributed by atoms with Gasteiger partial charge in [-0.3, -0.25) is 9.69 Å². The normalized spacial score (nSPS) is 21.3. The number of morpholine rings is 1. The Hall–Kier alpha value is -1.44. The minimum atomic E-state index is -0.00615. The maximum Gasteiger partial charge on any atom is 0.268 e. The largest absolute Gasteiger partial charge is 0.379 e. The van der Waals surface area contributed by atoms with Crippen LogP contribution in [0.1, 0.15) is 6.42 Å². The summed E-state index contributed by atoms with van der Waals surface area (Å²) in [5, 5.41) is 4.38. The first kappa shape index (κ1) is 16.4. The van der Waals surface area contributed by atoms with Crippen LogP contribution in [0.2, 0.25) is 0 Å². The van der Waals surface area contributed by atoms with Crippen molar-refractivity contribution in [1.82, 2.24) is 19.6 Å². The topological polar surface area (TPSA) is 53.8 Å². The van der Waals surface area contributed by atoms with Crippen LogP contribution >= 0.6 is 0 Å². The number of aromatic nitrogens is 2. The van der Waals surface area contributed by atoms with E-state index in [2.05, 4.69) is 26.8 Å². The molecule has 2 fully saturated rings. The number of anilines is 1. The zero-order valence-corrected chi connectivity index (χ0v) is 14.0. The molecule has 1 aromatic rings. The summed E-state index contributed by atoms with van der Waals surface area (Å²) in [7, 11) is 2.14. The van der Waals surface area contributed by atoms with Crippen molar-refractivity contribution in [3.05, 3.63) is 22.6 Å². The van der Waals surface area contributed by atoms with Crippen molar-refractivity contribution in [3.63, 3.8) is 0 Å². The molecule has 2 aliphatic heterocycles. The Morgan fingerprint density at radius 3 is 2.70 bits per heavy atom. The fourth-order valence-corrected chi connectivity index (χ4v) is 3.13. The highest BCUT2D eigenvalue weighted by molar-refractivity contribution is 5.43. The van der Waals surface area contributed by atoms with Crippen LogP contribution in [0, 0.1) is 0 Å². The fourth-order valence-electron chi connectivity index (χ4n) is 3.13. The Morgan fingerprint density at radius 2 is 1.91 bits per heavy atom. The third kappa shape index (κ3) is 4.53. The van der Waals surface area contributed by atoms with E-state index in [-0.39, 0.29) is 5.56 Å². The van der Waals surface area contributed by atoms with Gasteiger partial charge in [0.25, 0.3) is 5.56 Å². The van der Waals surface area contributed by atoms with Crippen LogP contribution in [0.25, 0.3) is 0 Å². The summed E-state index contributed by atoms with van der Waals surface area (Å²) in [4.78, 5) is 19.2. The summed E-state index contributed by atoms with van der Waals surface area (Å²) in [5.74, 6) is 0. The van der Waals surface area contributed by atoms with Crippen LogP contribution in [0.4, 0.5) is 5.69 Å². The molecule has 0 N–H and O–H groups in total. The van der Waals surface area contributed by atoms with Crippen molar-refractivity contribution in [2.24, 2.45) is 0 Å². The third-order valence-electron chi connectivity index (χ3n) is 4.67. The molecule has 0 aromatic carbocycles. The molecule has 0 bridgehead atoms. The van der Waals surface area contributed by atoms with Gasteiger partial charge < -0.3 is 14.5 Å². The number of hydrogen-bond donors (Lipinski definition) is 0. The maximum atomic E-state index is 12.3. The molecule has 3 heterocycles. The molecule has 1 aromatic heterocycles. The Balaban J connectivity index is 1.60. The van der Waals surface area contributed by atoms with Gasteiger partial charge in [0, 0.05) is 45.3 Å². The first-order valence-electron chi connectivity index (χ1n) is 8.53. The average molecular weight is 321 g/mol. The van der Waals surface area contributed by atoms with Crippen molar-refractivity contribution in [2.45, 2.75) is 13.0 Å². The molecule has 0 saturated carbocycles. The smallest absolute Gasteiger partial charge is 0.268 e. The first-order valence-corrected chi connectivity index (χ1v) is 8.53. The summed E-state index contributed by atoms with van der Waals surface area (Å²) in [5.41, 5.74) is 0.946. The highest BCUT2D eigenvalue weighted by atomic mass is 16.5. The van der Waals surface area contributed by atoms with Crippen LogP contribution < -0.4 is 10.5 Å². The zero-order chi connectivity index (χ0) is 16.1. The van der Waals surface area contributed by atoms with Gasteiger partial charge in [-0.1, -0.05) is 0 Å². The van der Waals surface area contributed by atoms with Gasteiger partial charge in [0.2, 0.25) is 0 Å². The van der Waals surface area contributed by atoms with Gasteiger partial charge in [0.15, 0.2) is 0 Å². The average Bonchev–Trinajstić information content (AvgIpc) is 2.79. The Morgan fingerprint density at radius 1 is 1.09 bits per heavy atom. The van der Waals surface area contributed by atoms with E-state index in [0.717, 1.165) is 71.1 Å². The monoisotopic (exact) mass is 321 g/mol. The Labute approximate surface area is 137 Å². The number of likely N-dealkylation sites (N-methyl/N-ethyl adjacent to an activating group) is 1. The SMILES string of the molecule is CN1CCCN(c2cnn(CCN3CCOCC3)c(=O)c2)CC1. The molecule has 2 saturated heterocycles. The first-order chi connectivity index (χ1) is 11.2. The van der Waals surface area contributed by atoms with Gasteiger partial charge >= 0.3 is 0 Å². The van der Waals surface area contributed by atoms with Crippen molar-refractivity contribution in [2.75, 3.05) is 71.0 Å². The van der Waals surface area contributed by atoms with E-state index in [4.69, 9.17) is 4.74 Å². The van der Waals surface area contributed by atoms with Crippen LogP contribution in [0.5, 0.6) is 0 Å².